The fourth-order valence-corrected chi connectivity index (χ4v) is 2.75. The Labute approximate surface area is 109 Å². The van der Waals surface area contributed by atoms with E-state index >= 15 is 0 Å². The molecule has 0 unspecified atom stereocenters. The minimum absolute atomic E-state index is 0.457. The Morgan fingerprint density at radius 2 is 1.44 bits per heavy atom. The smallest absolute Gasteiger partial charge is 0.00443 e. The number of nitrogens with two attached hydrogens (primary N) is 1. The van der Waals surface area contributed by atoms with E-state index < -0.39 is 0 Å². The molecule has 1 fully saturated rings. The average molecular weight is 237 g/mol. The van der Waals surface area contributed by atoms with Crippen LogP contribution < -0.4 is 5.73 Å². The zero-order valence-electron chi connectivity index (χ0n) is 10.5. The Bertz CT molecular complexity index is 495. The van der Waals surface area contributed by atoms with Crippen LogP contribution in [0.15, 0.2) is 54.6 Å². The molecule has 2 aromatic rings. The molecule has 18 heavy (non-hydrogen) atoms. The third-order valence-electron chi connectivity index (χ3n) is 3.86. The van der Waals surface area contributed by atoms with Crippen LogP contribution in [0.2, 0.25) is 0 Å². The molecule has 3 rings (SSSR count). The quantitative estimate of drug-likeness (QED) is 0.866. The molecule has 0 atom stereocenters. The highest BCUT2D eigenvalue weighted by Gasteiger charge is 2.25. The van der Waals surface area contributed by atoms with Crippen LogP contribution in [0, 0.1) is 5.92 Å². The van der Waals surface area contributed by atoms with Crippen LogP contribution in [-0.4, -0.2) is 6.04 Å². The van der Waals surface area contributed by atoms with Crippen molar-refractivity contribution in [3.63, 3.8) is 0 Å². The van der Waals surface area contributed by atoms with Gasteiger partial charge < -0.3 is 5.73 Å². The lowest BCUT2D eigenvalue weighted by atomic mass is 9.77. The van der Waals surface area contributed by atoms with Gasteiger partial charge in [-0.15, -0.1) is 0 Å². The molecule has 0 saturated heterocycles. The highest BCUT2D eigenvalue weighted by atomic mass is 14.7. The molecule has 2 N–H and O–H groups in total. The first-order valence-corrected chi connectivity index (χ1v) is 6.71. The maximum Gasteiger partial charge on any atom is 0.00443 e. The molecule has 0 bridgehead atoms. The molecule has 0 amide bonds. The molecule has 0 spiro atoms. The van der Waals surface area contributed by atoms with Crippen LogP contribution in [0.3, 0.4) is 0 Å². The Hall–Kier alpha value is -1.60. The average Bonchev–Trinajstić information content (AvgIpc) is 2.39. The Morgan fingerprint density at radius 1 is 0.833 bits per heavy atom. The minimum atomic E-state index is 0.457. The number of hydrogen-bond donors (Lipinski definition) is 1. The molecule has 1 nitrogen and oxygen atoms in total. The predicted octanol–water partition coefficient (Wildman–Crippen LogP) is 3.63. The number of hydrogen-bond acceptors (Lipinski definition) is 1. The summed E-state index contributed by atoms with van der Waals surface area (Å²) in [4.78, 5) is 0. The molecule has 0 aliphatic heterocycles. The van der Waals surface area contributed by atoms with Crippen molar-refractivity contribution in [2.24, 2.45) is 11.7 Å². The van der Waals surface area contributed by atoms with Gasteiger partial charge in [0.2, 0.25) is 0 Å². The Kier molecular flexibility index (Phi) is 3.16. The summed E-state index contributed by atoms with van der Waals surface area (Å²) in [5.41, 5.74) is 9.84. The molecule has 1 heteroatoms. The second kappa shape index (κ2) is 4.95. The maximum atomic E-state index is 5.82. The summed E-state index contributed by atoms with van der Waals surface area (Å²) in [6.45, 7) is 0. The lowest BCUT2D eigenvalue weighted by molar-refractivity contribution is 0.264. The topological polar surface area (TPSA) is 26.0 Å². The van der Waals surface area contributed by atoms with Crippen LogP contribution in [-0.2, 0) is 6.42 Å². The molecule has 1 aliphatic carbocycles. The summed E-state index contributed by atoms with van der Waals surface area (Å²) in [6.07, 6.45) is 3.57. The highest BCUT2D eigenvalue weighted by Crippen LogP contribution is 2.29. The summed E-state index contributed by atoms with van der Waals surface area (Å²) in [7, 11) is 0. The Balaban J connectivity index is 1.69. The van der Waals surface area contributed by atoms with E-state index in [0.29, 0.717) is 6.04 Å². The van der Waals surface area contributed by atoms with Gasteiger partial charge in [0.1, 0.15) is 0 Å². The van der Waals surface area contributed by atoms with Crippen LogP contribution in [0.4, 0.5) is 0 Å². The van der Waals surface area contributed by atoms with Gasteiger partial charge in [-0.2, -0.15) is 0 Å². The van der Waals surface area contributed by atoms with Crippen molar-refractivity contribution in [1.82, 2.24) is 0 Å². The van der Waals surface area contributed by atoms with Gasteiger partial charge in [0, 0.05) is 6.04 Å². The van der Waals surface area contributed by atoms with Gasteiger partial charge in [-0.1, -0.05) is 54.6 Å². The van der Waals surface area contributed by atoms with Crippen LogP contribution in [0.5, 0.6) is 0 Å². The van der Waals surface area contributed by atoms with Crippen molar-refractivity contribution < 1.29 is 0 Å². The van der Waals surface area contributed by atoms with E-state index in [0.717, 1.165) is 5.92 Å². The fraction of sp³-hybridized carbons (Fsp3) is 0.294. The lowest BCUT2D eigenvalue weighted by Crippen LogP contribution is -2.37. The molecule has 2 aromatic carbocycles. The first-order chi connectivity index (χ1) is 8.81. The van der Waals surface area contributed by atoms with E-state index in [-0.39, 0.29) is 0 Å². The van der Waals surface area contributed by atoms with Crippen LogP contribution in [0.25, 0.3) is 11.1 Å². The monoisotopic (exact) mass is 237 g/mol. The summed E-state index contributed by atoms with van der Waals surface area (Å²) in [5.74, 6) is 0.808. The largest absolute Gasteiger partial charge is 0.328 e. The summed E-state index contributed by atoms with van der Waals surface area (Å²) < 4.78 is 0. The van der Waals surface area contributed by atoms with Crippen LogP contribution >= 0.6 is 0 Å². The first-order valence-electron chi connectivity index (χ1n) is 6.71. The van der Waals surface area contributed by atoms with Crippen molar-refractivity contribution in [3.8, 4) is 11.1 Å². The van der Waals surface area contributed by atoms with Crippen LogP contribution in [0.1, 0.15) is 18.4 Å². The Morgan fingerprint density at radius 3 is 2.06 bits per heavy atom. The zero-order chi connectivity index (χ0) is 12.4. The molecular weight excluding hydrogens is 218 g/mol. The standard InChI is InChI=1S/C17H19N/c18-17-11-14(12-17)10-13-6-8-16(9-7-13)15-4-2-1-3-5-15/h1-9,14,17H,10-12,18H2. The third-order valence-corrected chi connectivity index (χ3v) is 3.86. The molecule has 1 aliphatic rings. The second-order valence-corrected chi connectivity index (χ2v) is 5.36. The minimum Gasteiger partial charge on any atom is -0.328 e. The summed E-state index contributed by atoms with van der Waals surface area (Å²) in [5, 5.41) is 0. The number of rotatable bonds is 3. The first kappa shape index (κ1) is 11.5. The number of benzene rings is 2. The third kappa shape index (κ3) is 2.46. The van der Waals surface area contributed by atoms with Gasteiger partial charge in [-0.25, -0.2) is 0 Å². The fourth-order valence-electron chi connectivity index (χ4n) is 2.75. The van der Waals surface area contributed by atoms with Crippen molar-refractivity contribution >= 4 is 0 Å². The van der Waals surface area contributed by atoms with E-state index in [9.17, 15) is 0 Å². The van der Waals surface area contributed by atoms with E-state index in [1.54, 1.807) is 0 Å². The summed E-state index contributed by atoms with van der Waals surface area (Å²) >= 11 is 0. The molecule has 1 saturated carbocycles. The lowest BCUT2D eigenvalue weighted by Gasteiger charge is -2.32. The molecule has 0 heterocycles. The zero-order valence-corrected chi connectivity index (χ0v) is 10.5. The molecular formula is C17H19N. The molecule has 92 valence electrons. The van der Waals surface area contributed by atoms with Gasteiger partial charge >= 0.3 is 0 Å². The molecule has 0 radical (unpaired) electrons. The van der Waals surface area contributed by atoms with E-state index in [4.69, 9.17) is 5.73 Å². The maximum absolute atomic E-state index is 5.82. The second-order valence-electron chi connectivity index (χ2n) is 5.36. The predicted molar refractivity (Wildman–Crippen MR) is 76.3 cm³/mol. The van der Waals surface area contributed by atoms with E-state index in [2.05, 4.69) is 54.6 Å². The van der Waals surface area contributed by atoms with Crippen molar-refractivity contribution in [2.75, 3.05) is 0 Å². The SMILES string of the molecule is NC1CC(Cc2ccc(-c3ccccc3)cc2)C1. The van der Waals surface area contributed by atoms with Crippen molar-refractivity contribution in [2.45, 2.75) is 25.3 Å². The van der Waals surface area contributed by atoms with Gasteiger partial charge in [0.15, 0.2) is 0 Å². The van der Waals surface area contributed by atoms with Crippen molar-refractivity contribution in [1.29, 1.82) is 0 Å². The summed E-state index contributed by atoms with van der Waals surface area (Å²) in [6, 6.07) is 19.9. The normalized spacial score (nSPS) is 22.5. The van der Waals surface area contributed by atoms with Gasteiger partial charge in [0.25, 0.3) is 0 Å². The van der Waals surface area contributed by atoms with Gasteiger partial charge in [0.05, 0.1) is 0 Å². The van der Waals surface area contributed by atoms with Gasteiger partial charge in [-0.3, -0.25) is 0 Å². The van der Waals surface area contributed by atoms with Crippen molar-refractivity contribution in [3.05, 3.63) is 60.2 Å². The van der Waals surface area contributed by atoms with Gasteiger partial charge in [-0.05, 0) is 41.9 Å². The van der Waals surface area contributed by atoms with E-state index in [1.165, 1.54) is 36.0 Å². The highest BCUT2D eigenvalue weighted by molar-refractivity contribution is 5.63. The van der Waals surface area contributed by atoms with E-state index in [1.807, 2.05) is 0 Å². The molecule has 0 aromatic heterocycles.